The summed E-state index contributed by atoms with van der Waals surface area (Å²) < 4.78 is 0. The van der Waals surface area contributed by atoms with Gasteiger partial charge in [-0.05, 0) is 24.6 Å². The lowest BCUT2D eigenvalue weighted by molar-refractivity contribution is -0.404. The van der Waals surface area contributed by atoms with E-state index in [-0.39, 0.29) is 6.04 Å². The summed E-state index contributed by atoms with van der Waals surface area (Å²) in [5, 5.41) is 16.0. The van der Waals surface area contributed by atoms with Crippen LogP contribution in [-0.2, 0) is 0 Å². The molecule has 1 atom stereocenters. The Labute approximate surface area is 93.5 Å². The number of nitrogens with zero attached hydrogens (tertiary/aromatic N) is 2. The number of rotatable bonds is 5. The third kappa shape index (κ3) is 3.56. The van der Waals surface area contributed by atoms with Crippen molar-refractivity contribution in [2.75, 3.05) is 7.05 Å². The van der Waals surface area contributed by atoms with Crippen LogP contribution in [0.1, 0.15) is 18.5 Å². The second-order valence-electron chi connectivity index (χ2n) is 3.22. The molecule has 0 bridgehead atoms. The van der Waals surface area contributed by atoms with Crippen LogP contribution in [0.3, 0.4) is 0 Å². The van der Waals surface area contributed by atoms with Gasteiger partial charge in [0.05, 0.1) is 11.0 Å². The van der Waals surface area contributed by atoms with Crippen LogP contribution >= 0.6 is 0 Å². The number of hydrogen-bond donors (Lipinski definition) is 2. The summed E-state index contributed by atoms with van der Waals surface area (Å²) in [7, 11) is 1.63. The first-order valence-electron chi connectivity index (χ1n) is 4.83. The third-order valence-corrected chi connectivity index (χ3v) is 2.08. The van der Waals surface area contributed by atoms with Crippen molar-refractivity contribution in [3.63, 3.8) is 0 Å². The van der Waals surface area contributed by atoms with E-state index in [4.69, 9.17) is 0 Å². The highest BCUT2D eigenvalue weighted by molar-refractivity contribution is 5.15. The molecule has 0 aliphatic rings. The number of nitrogens with one attached hydrogen (secondary N) is 2. The number of hydrogen-bond acceptors (Lipinski definition) is 5. The minimum Gasteiger partial charge on any atom is -0.370 e. The molecule has 0 spiro atoms. The minimum atomic E-state index is -0.502. The number of pyridine rings is 1. The highest BCUT2D eigenvalue weighted by atomic mass is 16.6. The van der Waals surface area contributed by atoms with Gasteiger partial charge >= 0.3 is 0 Å². The van der Waals surface area contributed by atoms with Crippen molar-refractivity contribution in [1.29, 1.82) is 0 Å². The first-order chi connectivity index (χ1) is 7.63. The Balaban J connectivity index is 2.70. The molecule has 0 radical (unpaired) electrons. The van der Waals surface area contributed by atoms with Gasteiger partial charge in [0, 0.05) is 19.4 Å². The van der Waals surface area contributed by atoms with Crippen molar-refractivity contribution >= 4 is 0 Å². The van der Waals surface area contributed by atoms with Crippen LogP contribution in [0.15, 0.2) is 36.5 Å². The van der Waals surface area contributed by atoms with Gasteiger partial charge in [0.15, 0.2) is 5.82 Å². The molecule has 0 amide bonds. The van der Waals surface area contributed by atoms with Crippen LogP contribution in [0, 0.1) is 10.1 Å². The molecule has 1 heterocycles. The molecule has 1 unspecified atom stereocenters. The van der Waals surface area contributed by atoms with Crippen molar-refractivity contribution < 1.29 is 4.92 Å². The van der Waals surface area contributed by atoms with Crippen LogP contribution in [0.5, 0.6) is 0 Å². The number of nitro groups is 1. The van der Waals surface area contributed by atoms with Gasteiger partial charge in [0.2, 0.25) is 0 Å². The highest BCUT2D eigenvalue weighted by Gasteiger charge is 2.07. The SMILES string of the molecule is CN/C(=C\[N+](=O)[O-])NC(C)c1ccncc1. The molecule has 0 aliphatic carbocycles. The fraction of sp³-hybridized carbons (Fsp3) is 0.300. The molecule has 1 aromatic heterocycles. The van der Waals surface area contributed by atoms with E-state index in [0.29, 0.717) is 5.82 Å². The zero-order chi connectivity index (χ0) is 12.0. The van der Waals surface area contributed by atoms with E-state index in [1.54, 1.807) is 19.4 Å². The zero-order valence-electron chi connectivity index (χ0n) is 9.18. The molecule has 2 N–H and O–H groups in total. The highest BCUT2D eigenvalue weighted by Crippen LogP contribution is 2.11. The topological polar surface area (TPSA) is 80.1 Å². The van der Waals surface area contributed by atoms with Gasteiger partial charge in [-0.25, -0.2) is 0 Å². The van der Waals surface area contributed by atoms with Gasteiger partial charge in [-0.15, -0.1) is 0 Å². The summed E-state index contributed by atoms with van der Waals surface area (Å²) in [5.41, 5.74) is 1.01. The lowest BCUT2D eigenvalue weighted by atomic mass is 10.1. The van der Waals surface area contributed by atoms with E-state index in [2.05, 4.69) is 15.6 Å². The fourth-order valence-electron chi connectivity index (χ4n) is 1.25. The summed E-state index contributed by atoms with van der Waals surface area (Å²) in [6, 6.07) is 3.69. The van der Waals surface area contributed by atoms with Gasteiger partial charge < -0.3 is 10.6 Å². The quantitative estimate of drug-likeness (QED) is 0.574. The van der Waals surface area contributed by atoms with Crippen LogP contribution in [0.4, 0.5) is 0 Å². The summed E-state index contributed by atoms with van der Waals surface area (Å²) in [4.78, 5) is 13.7. The largest absolute Gasteiger partial charge is 0.370 e. The lowest BCUT2D eigenvalue weighted by Crippen LogP contribution is -2.27. The Morgan fingerprint density at radius 1 is 1.56 bits per heavy atom. The second kappa shape index (κ2) is 5.69. The van der Waals surface area contributed by atoms with E-state index in [1.807, 2.05) is 19.1 Å². The second-order valence-corrected chi connectivity index (χ2v) is 3.22. The predicted molar refractivity (Wildman–Crippen MR) is 59.9 cm³/mol. The maximum atomic E-state index is 10.3. The Morgan fingerprint density at radius 2 is 2.19 bits per heavy atom. The van der Waals surface area contributed by atoms with Crippen LogP contribution in [0.2, 0.25) is 0 Å². The summed E-state index contributed by atoms with van der Waals surface area (Å²) in [6.07, 6.45) is 4.27. The first-order valence-corrected chi connectivity index (χ1v) is 4.83. The molecule has 0 saturated heterocycles. The monoisotopic (exact) mass is 222 g/mol. The third-order valence-electron chi connectivity index (χ3n) is 2.08. The smallest absolute Gasteiger partial charge is 0.274 e. The Morgan fingerprint density at radius 3 is 2.69 bits per heavy atom. The molecule has 0 aliphatic heterocycles. The van der Waals surface area contributed by atoms with Gasteiger partial charge in [-0.2, -0.15) is 0 Å². The van der Waals surface area contributed by atoms with E-state index in [9.17, 15) is 10.1 Å². The molecular weight excluding hydrogens is 208 g/mol. The Hall–Kier alpha value is -2.11. The maximum Gasteiger partial charge on any atom is 0.274 e. The van der Waals surface area contributed by atoms with Crippen molar-refractivity contribution in [2.45, 2.75) is 13.0 Å². The number of aromatic nitrogens is 1. The molecule has 16 heavy (non-hydrogen) atoms. The van der Waals surface area contributed by atoms with Gasteiger partial charge in [-0.1, -0.05) is 0 Å². The first kappa shape index (κ1) is 12.0. The standard InChI is InChI=1S/C10H14N4O2/c1-8(9-3-5-12-6-4-9)13-10(11-2)7-14(15)16/h3-8,11,13H,1-2H3/b10-7+. The van der Waals surface area contributed by atoms with Crippen molar-refractivity contribution in [3.05, 3.63) is 52.2 Å². The summed E-state index contributed by atoms with van der Waals surface area (Å²) >= 11 is 0. The van der Waals surface area contributed by atoms with Crippen LogP contribution in [-0.4, -0.2) is 17.0 Å². The molecular formula is C10H14N4O2. The van der Waals surface area contributed by atoms with E-state index < -0.39 is 4.92 Å². The lowest BCUT2D eigenvalue weighted by Gasteiger charge is -2.16. The van der Waals surface area contributed by atoms with Crippen molar-refractivity contribution in [3.8, 4) is 0 Å². The molecule has 86 valence electrons. The van der Waals surface area contributed by atoms with E-state index in [0.717, 1.165) is 11.8 Å². The Bertz CT molecular complexity index is 378. The summed E-state index contributed by atoms with van der Waals surface area (Å²) in [5.74, 6) is 0.370. The molecule has 6 heteroatoms. The van der Waals surface area contributed by atoms with Crippen LogP contribution < -0.4 is 10.6 Å². The molecule has 6 nitrogen and oxygen atoms in total. The normalized spacial score (nSPS) is 13.0. The molecule has 1 aromatic rings. The van der Waals surface area contributed by atoms with Crippen LogP contribution in [0.25, 0.3) is 0 Å². The fourth-order valence-corrected chi connectivity index (χ4v) is 1.25. The van der Waals surface area contributed by atoms with Gasteiger partial charge in [-0.3, -0.25) is 15.1 Å². The molecule has 0 aromatic carbocycles. The molecule has 0 saturated carbocycles. The summed E-state index contributed by atoms with van der Waals surface area (Å²) in [6.45, 7) is 1.92. The van der Waals surface area contributed by atoms with E-state index in [1.165, 1.54) is 0 Å². The molecule has 0 fully saturated rings. The zero-order valence-corrected chi connectivity index (χ0v) is 9.18. The average molecular weight is 222 g/mol. The predicted octanol–water partition coefficient (Wildman–Crippen LogP) is 1.03. The van der Waals surface area contributed by atoms with E-state index >= 15 is 0 Å². The van der Waals surface area contributed by atoms with Gasteiger partial charge in [0.25, 0.3) is 6.20 Å². The maximum absolute atomic E-state index is 10.3. The Kier molecular flexibility index (Phi) is 4.26. The van der Waals surface area contributed by atoms with Crippen molar-refractivity contribution in [2.24, 2.45) is 0 Å². The molecule has 1 rings (SSSR count). The van der Waals surface area contributed by atoms with Crippen molar-refractivity contribution in [1.82, 2.24) is 15.6 Å². The average Bonchev–Trinajstić information content (AvgIpc) is 2.28. The minimum absolute atomic E-state index is 0.0263. The van der Waals surface area contributed by atoms with Gasteiger partial charge in [0.1, 0.15) is 0 Å².